The summed E-state index contributed by atoms with van der Waals surface area (Å²) in [6.07, 6.45) is 3.72. The Morgan fingerprint density at radius 3 is 2.75 bits per heavy atom. The van der Waals surface area contributed by atoms with Gasteiger partial charge in [0.2, 0.25) is 0 Å². The lowest BCUT2D eigenvalue weighted by Crippen LogP contribution is -2.16. The van der Waals surface area contributed by atoms with E-state index in [1.165, 1.54) is 7.11 Å². The Labute approximate surface area is 72.7 Å². The molecule has 1 rings (SSSR count). The number of aliphatic hydroxyl groups is 1. The number of methoxy groups -OCH3 is 1. The zero-order valence-electron chi connectivity index (χ0n) is 7.45. The van der Waals surface area contributed by atoms with Crippen molar-refractivity contribution in [3.05, 3.63) is 0 Å². The molecule has 3 heteroatoms. The van der Waals surface area contributed by atoms with Crippen LogP contribution in [0.25, 0.3) is 0 Å². The van der Waals surface area contributed by atoms with Gasteiger partial charge in [0, 0.05) is 13.0 Å². The third-order valence-corrected chi connectivity index (χ3v) is 2.71. The molecule has 0 radical (unpaired) electrons. The van der Waals surface area contributed by atoms with Crippen molar-refractivity contribution >= 4 is 5.97 Å². The highest BCUT2D eigenvalue weighted by atomic mass is 16.5. The molecule has 70 valence electrons. The van der Waals surface area contributed by atoms with Crippen LogP contribution in [-0.2, 0) is 9.53 Å². The molecule has 3 nitrogen and oxygen atoms in total. The van der Waals surface area contributed by atoms with Crippen LogP contribution in [0, 0.1) is 11.8 Å². The molecule has 0 aliphatic heterocycles. The van der Waals surface area contributed by atoms with Crippen LogP contribution in [0.1, 0.15) is 25.7 Å². The Balaban J connectivity index is 2.35. The first-order valence-electron chi connectivity index (χ1n) is 4.45. The third-order valence-electron chi connectivity index (χ3n) is 2.71. The molecule has 1 saturated carbocycles. The molecular weight excluding hydrogens is 156 g/mol. The van der Waals surface area contributed by atoms with Crippen LogP contribution in [-0.4, -0.2) is 24.8 Å². The summed E-state index contributed by atoms with van der Waals surface area (Å²) in [5.74, 6) is 0.520. The van der Waals surface area contributed by atoms with Crippen molar-refractivity contribution in [1.29, 1.82) is 0 Å². The van der Waals surface area contributed by atoms with Gasteiger partial charge in [0.05, 0.1) is 7.11 Å². The lowest BCUT2D eigenvalue weighted by molar-refractivity contribution is -0.142. The van der Waals surface area contributed by atoms with Gasteiger partial charge in [-0.25, -0.2) is 0 Å². The summed E-state index contributed by atoms with van der Waals surface area (Å²) in [5.41, 5.74) is 0. The summed E-state index contributed by atoms with van der Waals surface area (Å²) >= 11 is 0. The minimum Gasteiger partial charge on any atom is -0.469 e. The standard InChI is InChI=1S/C9H16O3/c1-12-9(11)5-7-3-2-4-8(7)6-10/h7-8,10H,2-6H2,1H3/t7-,8?/m1/s1. The Bertz CT molecular complexity index is 156. The lowest BCUT2D eigenvalue weighted by Gasteiger charge is -2.15. The van der Waals surface area contributed by atoms with E-state index in [4.69, 9.17) is 5.11 Å². The molecule has 0 aromatic rings. The Kier molecular flexibility index (Phi) is 3.53. The van der Waals surface area contributed by atoms with Crippen LogP contribution < -0.4 is 0 Å². The summed E-state index contributed by atoms with van der Waals surface area (Å²) < 4.78 is 4.58. The Morgan fingerprint density at radius 2 is 2.17 bits per heavy atom. The number of aliphatic hydroxyl groups excluding tert-OH is 1. The average molecular weight is 172 g/mol. The van der Waals surface area contributed by atoms with Crippen LogP contribution in [0.15, 0.2) is 0 Å². The number of hydrogen-bond acceptors (Lipinski definition) is 3. The first kappa shape index (κ1) is 9.52. The molecule has 0 bridgehead atoms. The van der Waals surface area contributed by atoms with Crippen LogP contribution in [0.4, 0.5) is 0 Å². The van der Waals surface area contributed by atoms with Gasteiger partial charge >= 0.3 is 5.97 Å². The van der Waals surface area contributed by atoms with Gasteiger partial charge in [0.1, 0.15) is 0 Å². The first-order valence-corrected chi connectivity index (χ1v) is 4.45. The molecule has 12 heavy (non-hydrogen) atoms. The molecular formula is C9H16O3. The van der Waals surface area contributed by atoms with Crippen LogP contribution in [0.2, 0.25) is 0 Å². The second-order valence-corrected chi connectivity index (χ2v) is 3.41. The summed E-state index contributed by atoms with van der Waals surface area (Å²) in [4.78, 5) is 10.9. The van der Waals surface area contributed by atoms with Crippen LogP contribution >= 0.6 is 0 Å². The minimum absolute atomic E-state index is 0.152. The van der Waals surface area contributed by atoms with Gasteiger partial charge in [-0.05, 0) is 24.7 Å². The highest BCUT2D eigenvalue weighted by Gasteiger charge is 2.28. The smallest absolute Gasteiger partial charge is 0.305 e. The molecule has 1 unspecified atom stereocenters. The van der Waals surface area contributed by atoms with Gasteiger partial charge < -0.3 is 9.84 Å². The van der Waals surface area contributed by atoms with E-state index in [9.17, 15) is 4.79 Å². The Morgan fingerprint density at radius 1 is 1.50 bits per heavy atom. The third kappa shape index (κ3) is 2.21. The van der Waals surface area contributed by atoms with E-state index in [0.29, 0.717) is 18.3 Å². The summed E-state index contributed by atoms with van der Waals surface area (Å²) in [5, 5.41) is 8.97. The van der Waals surface area contributed by atoms with E-state index in [0.717, 1.165) is 19.3 Å². The molecule has 1 fully saturated rings. The van der Waals surface area contributed by atoms with Crippen molar-refractivity contribution in [3.8, 4) is 0 Å². The second kappa shape index (κ2) is 4.45. The van der Waals surface area contributed by atoms with Crippen LogP contribution in [0.5, 0.6) is 0 Å². The number of carbonyl (C=O) groups excluding carboxylic acids is 1. The monoisotopic (exact) mass is 172 g/mol. The normalized spacial score (nSPS) is 28.8. The minimum atomic E-state index is -0.152. The van der Waals surface area contributed by atoms with E-state index in [-0.39, 0.29) is 12.6 Å². The van der Waals surface area contributed by atoms with Gasteiger partial charge in [-0.1, -0.05) is 6.42 Å². The van der Waals surface area contributed by atoms with Crippen LogP contribution in [0.3, 0.4) is 0 Å². The second-order valence-electron chi connectivity index (χ2n) is 3.41. The average Bonchev–Trinajstić information content (AvgIpc) is 2.51. The fraction of sp³-hybridized carbons (Fsp3) is 0.889. The van der Waals surface area contributed by atoms with Crippen molar-refractivity contribution < 1.29 is 14.6 Å². The molecule has 1 aliphatic carbocycles. The van der Waals surface area contributed by atoms with Crippen molar-refractivity contribution in [2.45, 2.75) is 25.7 Å². The van der Waals surface area contributed by atoms with Crippen molar-refractivity contribution in [3.63, 3.8) is 0 Å². The van der Waals surface area contributed by atoms with Crippen molar-refractivity contribution in [2.24, 2.45) is 11.8 Å². The highest BCUT2D eigenvalue weighted by Crippen LogP contribution is 2.33. The van der Waals surface area contributed by atoms with E-state index >= 15 is 0 Å². The zero-order chi connectivity index (χ0) is 8.97. The van der Waals surface area contributed by atoms with Gasteiger partial charge in [0.15, 0.2) is 0 Å². The summed E-state index contributed by atoms with van der Waals surface area (Å²) in [6.45, 7) is 0.210. The number of ether oxygens (including phenoxy) is 1. The number of carbonyl (C=O) groups is 1. The molecule has 0 amide bonds. The summed E-state index contributed by atoms with van der Waals surface area (Å²) in [7, 11) is 1.41. The zero-order valence-corrected chi connectivity index (χ0v) is 7.45. The number of rotatable bonds is 3. The van der Waals surface area contributed by atoms with E-state index < -0.39 is 0 Å². The molecule has 0 spiro atoms. The molecule has 0 heterocycles. The lowest BCUT2D eigenvalue weighted by atomic mass is 9.94. The van der Waals surface area contributed by atoms with Gasteiger partial charge in [0.25, 0.3) is 0 Å². The van der Waals surface area contributed by atoms with Gasteiger partial charge in [-0.3, -0.25) is 4.79 Å². The topological polar surface area (TPSA) is 46.5 Å². The SMILES string of the molecule is COC(=O)C[C@H]1CCCC1CO. The molecule has 1 aliphatic rings. The fourth-order valence-corrected chi connectivity index (χ4v) is 1.92. The summed E-state index contributed by atoms with van der Waals surface area (Å²) in [6, 6.07) is 0. The number of esters is 1. The predicted octanol–water partition coefficient (Wildman–Crippen LogP) is 0.958. The molecule has 0 aromatic heterocycles. The van der Waals surface area contributed by atoms with E-state index in [2.05, 4.69) is 4.74 Å². The first-order chi connectivity index (χ1) is 5.77. The molecule has 1 N–H and O–H groups in total. The van der Waals surface area contributed by atoms with E-state index in [1.807, 2.05) is 0 Å². The molecule has 0 saturated heterocycles. The maximum absolute atomic E-state index is 10.9. The van der Waals surface area contributed by atoms with E-state index in [1.54, 1.807) is 0 Å². The largest absolute Gasteiger partial charge is 0.469 e. The fourth-order valence-electron chi connectivity index (χ4n) is 1.92. The van der Waals surface area contributed by atoms with Crippen molar-refractivity contribution in [1.82, 2.24) is 0 Å². The highest BCUT2D eigenvalue weighted by molar-refractivity contribution is 5.69. The van der Waals surface area contributed by atoms with Crippen molar-refractivity contribution in [2.75, 3.05) is 13.7 Å². The maximum Gasteiger partial charge on any atom is 0.305 e. The van der Waals surface area contributed by atoms with Gasteiger partial charge in [-0.2, -0.15) is 0 Å². The quantitative estimate of drug-likeness (QED) is 0.645. The molecule has 2 atom stereocenters. The predicted molar refractivity (Wildman–Crippen MR) is 44.5 cm³/mol. The maximum atomic E-state index is 10.9. The molecule has 0 aromatic carbocycles. The number of hydrogen-bond donors (Lipinski definition) is 1. The van der Waals surface area contributed by atoms with Gasteiger partial charge in [-0.15, -0.1) is 0 Å². The Hall–Kier alpha value is -0.570.